The first-order chi connectivity index (χ1) is 23.7. The van der Waals surface area contributed by atoms with Crippen LogP contribution in [0.2, 0.25) is 0 Å². The molecule has 49 heavy (non-hydrogen) atoms. The molecule has 8 rings (SSSR count). The summed E-state index contributed by atoms with van der Waals surface area (Å²) in [7, 11) is 1.50. The average molecular weight is 670 g/mol. The number of aromatic nitrogens is 3. The summed E-state index contributed by atoms with van der Waals surface area (Å²) in [5, 5.41) is 7.30. The molecule has 3 aliphatic carbocycles. The van der Waals surface area contributed by atoms with Crippen LogP contribution in [0.4, 0.5) is 14.5 Å². The summed E-state index contributed by atoms with van der Waals surface area (Å²) in [6, 6.07) is 13.8. The summed E-state index contributed by atoms with van der Waals surface area (Å²) in [4.78, 5) is 30.7. The zero-order valence-electron chi connectivity index (χ0n) is 28.6. The molecule has 2 N–H and O–H groups in total. The van der Waals surface area contributed by atoms with E-state index in [0.29, 0.717) is 77.3 Å². The number of halogens is 2. The number of aliphatic imine (C=N–C) groups is 1. The van der Waals surface area contributed by atoms with Crippen LogP contribution in [0, 0.1) is 29.0 Å². The van der Waals surface area contributed by atoms with Crippen LogP contribution in [0.15, 0.2) is 70.7 Å². The minimum absolute atomic E-state index is 0.178. The Bertz CT molecular complexity index is 1910. The molecule has 2 aromatic heterocycles. The fourth-order valence-corrected chi connectivity index (χ4v) is 8.21. The van der Waals surface area contributed by atoms with E-state index in [4.69, 9.17) is 14.7 Å². The third kappa shape index (κ3) is 6.40. The highest BCUT2D eigenvalue weighted by molar-refractivity contribution is 5.96. The van der Waals surface area contributed by atoms with Gasteiger partial charge in [-0.25, -0.2) is 18.8 Å². The first-order valence-corrected chi connectivity index (χ1v) is 17.3. The monoisotopic (exact) mass is 669 g/mol. The van der Waals surface area contributed by atoms with Crippen molar-refractivity contribution >= 4 is 22.5 Å². The molecule has 1 aliphatic heterocycles. The van der Waals surface area contributed by atoms with Crippen LogP contribution < -0.4 is 20.9 Å². The summed E-state index contributed by atoms with van der Waals surface area (Å²) in [5.41, 5.74) is 2.63. The molecule has 4 aromatic rings. The third-order valence-corrected chi connectivity index (χ3v) is 11.4. The van der Waals surface area contributed by atoms with Crippen LogP contribution in [0.1, 0.15) is 39.2 Å². The highest BCUT2D eigenvalue weighted by Crippen LogP contribution is 2.61. The maximum Gasteiger partial charge on any atom is 0.261 e. The minimum atomic E-state index is -0.447. The van der Waals surface area contributed by atoms with E-state index >= 15 is 0 Å². The normalized spacial score (nSPS) is 24.8. The van der Waals surface area contributed by atoms with Crippen LogP contribution in [0.3, 0.4) is 0 Å². The molecule has 3 saturated carbocycles. The van der Waals surface area contributed by atoms with Gasteiger partial charge in [0.1, 0.15) is 24.1 Å². The molecule has 3 heterocycles. The number of anilines is 1. The van der Waals surface area contributed by atoms with Gasteiger partial charge in [0.2, 0.25) is 0 Å². The van der Waals surface area contributed by atoms with Crippen molar-refractivity contribution in [1.29, 1.82) is 0 Å². The number of ether oxygens (including phenoxy) is 1. The molecule has 9 nitrogen and oxygen atoms in total. The zero-order valence-corrected chi connectivity index (χ0v) is 28.6. The SMILES string of the molecule is COc1ccc(CCn2c(-c3ccncc3)nc3cc(NC(=N[C@H]4C[C@@H]5C[C@H]([C@@H]4C)C5(C)C)N4CCN[C@@H](CF)C4)ccc3c2=O)c(F)c1. The number of hydrogen-bond acceptors (Lipinski definition) is 6. The molecular formula is C38H45F2N7O2. The smallest absolute Gasteiger partial charge is 0.261 e. The molecule has 0 radical (unpaired) electrons. The van der Waals surface area contributed by atoms with E-state index in [0.717, 1.165) is 23.6 Å². The number of pyridine rings is 1. The lowest BCUT2D eigenvalue weighted by Crippen LogP contribution is -2.58. The summed E-state index contributed by atoms with van der Waals surface area (Å²) in [6.07, 6.45) is 5.93. The van der Waals surface area contributed by atoms with Gasteiger partial charge in [-0.2, -0.15) is 0 Å². The molecule has 2 aromatic carbocycles. The van der Waals surface area contributed by atoms with Gasteiger partial charge in [0.05, 0.1) is 30.1 Å². The summed E-state index contributed by atoms with van der Waals surface area (Å²) in [6.45, 7) is 8.77. The second kappa shape index (κ2) is 13.5. The van der Waals surface area contributed by atoms with E-state index in [1.54, 1.807) is 35.2 Å². The van der Waals surface area contributed by atoms with E-state index in [9.17, 15) is 13.6 Å². The highest BCUT2D eigenvalue weighted by Gasteiger charge is 2.56. The standard InChI is InChI=1S/C38H45F2N7O2/c1-23-31-17-26(38(31,2)3)18-33(23)45-37(46-16-14-42-28(21-39)22-46)43-27-6-8-30-34(19-27)44-35(25-9-12-41-13-10-25)47(36(30)48)15-11-24-5-7-29(49-4)20-32(24)40/h5-10,12-13,19-20,23,26,28,31,33,42H,11,14-18,21-22H2,1-4H3,(H,43,45)/t23-,26-,28-,31+,33-/m0/s1. The van der Waals surface area contributed by atoms with E-state index in [1.165, 1.54) is 19.6 Å². The quantitative estimate of drug-likeness (QED) is 0.177. The molecule has 5 atom stereocenters. The Morgan fingerprint density at radius 3 is 2.67 bits per heavy atom. The zero-order chi connectivity index (χ0) is 34.3. The first kappa shape index (κ1) is 33.1. The number of hydrogen-bond donors (Lipinski definition) is 2. The fourth-order valence-electron chi connectivity index (χ4n) is 8.21. The molecule has 2 bridgehead atoms. The minimum Gasteiger partial charge on any atom is -0.497 e. The molecule has 11 heteroatoms. The van der Waals surface area contributed by atoms with Crippen molar-refractivity contribution in [1.82, 2.24) is 24.8 Å². The van der Waals surface area contributed by atoms with Gasteiger partial charge < -0.3 is 20.3 Å². The second-order valence-corrected chi connectivity index (χ2v) is 14.4. The number of piperazine rings is 1. The molecular weight excluding hydrogens is 624 g/mol. The van der Waals surface area contributed by atoms with Crippen LogP contribution in [-0.2, 0) is 13.0 Å². The van der Waals surface area contributed by atoms with Gasteiger partial charge >= 0.3 is 0 Å². The Hall–Kier alpha value is -4.38. The molecule has 1 saturated heterocycles. The van der Waals surface area contributed by atoms with Crippen molar-refractivity contribution in [2.45, 2.75) is 58.7 Å². The maximum atomic E-state index is 14.8. The van der Waals surface area contributed by atoms with Gasteiger partial charge in [-0.1, -0.05) is 26.8 Å². The second-order valence-electron chi connectivity index (χ2n) is 14.4. The van der Waals surface area contributed by atoms with E-state index in [-0.39, 0.29) is 30.0 Å². The number of nitrogens with one attached hydrogen (secondary N) is 2. The Kier molecular flexibility index (Phi) is 9.13. The molecule has 0 amide bonds. The van der Waals surface area contributed by atoms with Gasteiger partial charge in [0.15, 0.2) is 5.96 Å². The van der Waals surface area contributed by atoms with E-state index in [1.807, 2.05) is 24.3 Å². The number of fused-ring (bicyclic) bond motifs is 3. The lowest BCUT2D eigenvalue weighted by molar-refractivity contribution is -0.108. The largest absolute Gasteiger partial charge is 0.497 e. The molecule has 258 valence electrons. The molecule has 0 unspecified atom stereocenters. The molecule has 0 spiro atoms. The number of guanidine groups is 1. The van der Waals surface area contributed by atoms with Crippen molar-refractivity contribution in [3.63, 3.8) is 0 Å². The topological polar surface area (TPSA) is 96.7 Å². The number of alkyl halides is 1. The maximum absolute atomic E-state index is 14.8. The number of nitrogens with zero attached hydrogens (tertiary/aromatic N) is 5. The summed E-state index contributed by atoms with van der Waals surface area (Å²) < 4.78 is 35.4. The van der Waals surface area contributed by atoms with Crippen LogP contribution in [0.25, 0.3) is 22.3 Å². The number of benzene rings is 2. The average Bonchev–Trinajstić information content (AvgIpc) is 3.12. The van der Waals surface area contributed by atoms with Gasteiger partial charge in [0.25, 0.3) is 5.56 Å². The lowest BCUT2D eigenvalue weighted by Gasteiger charge is -2.61. The van der Waals surface area contributed by atoms with Crippen LogP contribution in [0.5, 0.6) is 5.75 Å². The number of methoxy groups -OCH3 is 1. The van der Waals surface area contributed by atoms with Crippen molar-refractivity contribution < 1.29 is 13.5 Å². The fraction of sp³-hybridized carbons (Fsp3) is 0.474. The van der Waals surface area contributed by atoms with Crippen molar-refractivity contribution in [2.75, 3.05) is 38.7 Å². The van der Waals surface area contributed by atoms with Gasteiger partial charge in [-0.15, -0.1) is 0 Å². The Labute approximate surface area is 285 Å². The third-order valence-electron chi connectivity index (χ3n) is 11.4. The number of rotatable bonds is 8. The predicted molar refractivity (Wildman–Crippen MR) is 189 cm³/mol. The lowest BCUT2D eigenvalue weighted by atomic mass is 9.45. The summed E-state index contributed by atoms with van der Waals surface area (Å²) in [5.74, 6) is 3.01. The van der Waals surface area contributed by atoms with Gasteiger partial charge in [-0.3, -0.25) is 14.3 Å². The Balaban J connectivity index is 1.23. The highest BCUT2D eigenvalue weighted by atomic mass is 19.1. The first-order valence-electron chi connectivity index (χ1n) is 17.3. The Morgan fingerprint density at radius 2 is 1.96 bits per heavy atom. The van der Waals surface area contributed by atoms with Crippen LogP contribution >= 0.6 is 0 Å². The molecule has 4 aliphatic rings. The van der Waals surface area contributed by atoms with E-state index < -0.39 is 6.67 Å². The predicted octanol–water partition coefficient (Wildman–Crippen LogP) is 5.93. The Morgan fingerprint density at radius 1 is 1.14 bits per heavy atom. The van der Waals surface area contributed by atoms with Gasteiger partial charge in [-0.05, 0) is 84.4 Å². The van der Waals surface area contributed by atoms with Crippen molar-refractivity contribution in [2.24, 2.45) is 28.2 Å². The van der Waals surface area contributed by atoms with E-state index in [2.05, 4.69) is 41.3 Å². The molecule has 4 fully saturated rings. The van der Waals surface area contributed by atoms with Crippen molar-refractivity contribution in [3.05, 3.63) is 82.7 Å². The van der Waals surface area contributed by atoms with Crippen LogP contribution in [-0.4, -0.2) is 70.9 Å². The summed E-state index contributed by atoms with van der Waals surface area (Å²) >= 11 is 0. The number of aryl methyl sites for hydroxylation is 1. The van der Waals surface area contributed by atoms with Crippen molar-refractivity contribution in [3.8, 4) is 17.1 Å². The van der Waals surface area contributed by atoms with Gasteiger partial charge in [0, 0.05) is 55.9 Å².